The van der Waals surface area contributed by atoms with Gasteiger partial charge in [-0.1, -0.05) is 25.1 Å². The van der Waals surface area contributed by atoms with Crippen LogP contribution in [0.25, 0.3) is 10.9 Å². The number of para-hydroxylation sites is 1. The lowest BCUT2D eigenvalue weighted by atomic mass is 10.1. The Hall–Kier alpha value is -1.32. The Balaban J connectivity index is 2.15. The summed E-state index contributed by atoms with van der Waals surface area (Å²) in [5, 5.41) is 4.88. The molecule has 0 amide bonds. The summed E-state index contributed by atoms with van der Waals surface area (Å²) in [6, 6.07) is 8.72. The number of fused-ring (bicyclic) bond motifs is 1. The van der Waals surface area contributed by atoms with Crippen molar-refractivity contribution in [3.05, 3.63) is 36.0 Å². The number of nitrogens with zero attached hydrogens (tertiary/aromatic N) is 1. The largest absolute Gasteiger partial charge is 0.380 e. The first kappa shape index (κ1) is 16.1. The molecular weight excluding hydrogens is 260 g/mol. The molecule has 0 fully saturated rings. The van der Waals surface area contributed by atoms with Crippen LogP contribution in [-0.2, 0) is 17.8 Å². The van der Waals surface area contributed by atoms with Crippen LogP contribution in [0.5, 0.6) is 0 Å². The molecule has 0 spiro atoms. The van der Waals surface area contributed by atoms with Crippen LogP contribution in [0.15, 0.2) is 30.5 Å². The number of ether oxygens (including phenoxy) is 1. The standard InChI is InChI=1S/C18H28N2O/c1-5-12-21-13-11-20-10-9-15-7-6-8-16(17(15)20)14-19-18(2,3)4/h6-10,19H,5,11-14H2,1-4H3. The van der Waals surface area contributed by atoms with E-state index in [1.165, 1.54) is 16.5 Å². The first-order valence-electron chi connectivity index (χ1n) is 7.91. The highest BCUT2D eigenvalue weighted by Crippen LogP contribution is 2.21. The Morgan fingerprint density at radius 2 is 1.95 bits per heavy atom. The van der Waals surface area contributed by atoms with Crippen LogP contribution in [0.1, 0.15) is 39.7 Å². The second-order valence-electron chi connectivity index (χ2n) is 6.58. The van der Waals surface area contributed by atoms with Crippen LogP contribution in [0.2, 0.25) is 0 Å². The van der Waals surface area contributed by atoms with E-state index in [9.17, 15) is 0 Å². The maximum atomic E-state index is 5.62. The SMILES string of the molecule is CCCOCCn1ccc2cccc(CNC(C)(C)C)c21. The lowest BCUT2D eigenvalue weighted by Crippen LogP contribution is -2.35. The summed E-state index contributed by atoms with van der Waals surface area (Å²) < 4.78 is 7.93. The maximum Gasteiger partial charge on any atom is 0.0645 e. The van der Waals surface area contributed by atoms with E-state index < -0.39 is 0 Å². The van der Waals surface area contributed by atoms with Crippen molar-refractivity contribution >= 4 is 10.9 Å². The molecule has 21 heavy (non-hydrogen) atoms. The maximum absolute atomic E-state index is 5.62. The molecule has 2 aromatic rings. The van der Waals surface area contributed by atoms with Gasteiger partial charge in [0.2, 0.25) is 0 Å². The van der Waals surface area contributed by atoms with Gasteiger partial charge in [0.15, 0.2) is 0 Å². The van der Waals surface area contributed by atoms with Crippen molar-refractivity contribution in [3.63, 3.8) is 0 Å². The Kier molecular flexibility index (Phi) is 5.43. The van der Waals surface area contributed by atoms with Crippen molar-refractivity contribution in [1.29, 1.82) is 0 Å². The summed E-state index contributed by atoms with van der Waals surface area (Å²) in [4.78, 5) is 0. The smallest absolute Gasteiger partial charge is 0.0645 e. The Morgan fingerprint density at radius 1 is 1.14 bits per heavy atom. The number of benzene rings is 1. The quantitative estimate of drug-likeness (QED) is 0.781. The highest BCUT2D eigenvalue weighted by molar-refractivity contribution is 5.83. The van der Waals surface area contributed by atoms with Crippen molar-refractivity contribution in [2.75, 3.05) is 13.2 Å². The van der Waals surface area contributed by atoms with Gasteiger partial charge < -0.3 is 14.6 Å². The highest BCUT2D eigenvalue weighted by atomic mass is 16.5. The van der Waals surface area contributed by atoms with Gasteiger partial charge in [-0.2, -0.15) is 0 Å². The molecule has 0 atom stereocenters. The molecule has 1 aromatic heterocycles. The third-order valence-corrected chi connectivity index (χ3v) is 3.51. The number of hydrogen-bond donors (Lipinski definition) is 1. The van der Waals surface area contributed by atoms with Gasteiger partial charge in [0.1, 0.15) is 0 Å². The van der Waals surface area contributed by atoms with Gasteiger partial charge >= 0.3 is 0 Å². The van der Waals surface area contributed by atoms with E-state index in [0.29, 0.717) is 0 Å². The number of aromatic nitrogens is 1. The van der Waals surface area contributed by atoms with E-state index in [0.717, 1.165) is 32.7 Å². The highest BCUT2D eigenvalue weighted by Gasteiger charge is 2.11. The molecule has 1 aromatic carbocycles. The molecular formula is C18H28N2O. The molecule has 2 rings (SSSR count). The van der Waals surface area contributed by atoms with Crippen molar-refractivity contribution < 1.29 is 4.74 Å². The molecule has 0 radical (unpaired) electrons. The lowest BCUT2D eigenvalue weighted by Gasteiger charge is -2.21. The topological polar surface area (TPSA) is 26.2 Å². The average Bonchev–Trinajstić information content (AvgIpc) is 2.84. The van der Waals surface area contributed by atoms with Gasteiger partial charge in [-0.05, 0) is 44.2 Å². The molecule has 1 heterocycles. The normalized spacial score (nSPS) is 12.2. The zero-order valence-corrected chi connectivity index (χ0v) is 13.8. The van der Waals surface area contributed by atoms with E-state index in [1.807, 2.05) is 0 Å². The van der Waals surface area contributed by atoms with E-state index in [-0.39, 0.29) is 5.54 Å². The van der Waals surface area contributed by atoms with Crippen molar-refractivity contribution in [2.24, 2.45) is 0 Å². The summed E-state index contributed by atoms with van der Waals surface area (Å²) >= 11 is 0. The molecule has 3 heteroatoms. The number of nitrogens with one attached hydrogen (secondary N) is 1. The van der Waals surface area contributed by atoms with Crippen LogP contribution in [0.4, 0.5) is 0 Å². The fraction of sp³-hybridized carbons (Fsp3) is 0.556. The minimum atomic E-state index is 0.129. The van der Waals surface area contributed by atoms with Crippen molar-refractivity contribution in [1.82, 2.24) is 9.88 Å². The van der Waals surface area contributed by atoms with E-state index >= 15 is 0 Å². The molecule has 1 N–H and O–H groups in total. The number of rotatable bonds is 7. The van der Waals surface area contributed by atoms with Gasteiger partial charge in [-0.15, -0.1) is 0 Å². The zero-order chi connectivity index (χ0) is 15.3. The van der Waals surface area contributed by atoms with Crippen molar-refractivity contribution in [2.45, 2.75) is 52.7 Å². The Morgan fingerprint density at radius 3 is 2.67 bits per heavy atom. The Bertz CT molecular complexity index is 566. The molecule has 0 aliphatic heterocycles. The van der Waals surface area contributed by atoms with Crippen LogP contribution < -0.4 is 5.32 Å². The van der Waals surface area contributed by atoms with E-state index in [4.69, 9.17) is 4.74 Å². The second-order valence-corrected chi connectivity index (χ2v) is 6.58. The number of hydrogen-bond acceptors (Lipinski definition) is 2. The molecule has 0 unspecified atom stereocenters. The predicted molar refractivity (Wildman–Crippen MR) is 89.6 cm³/mol. The fourth-order valence-corrected chi connectivity index (χ4v) is 2.44. The Labute approximate surface area is 128 Å². The van der Waals surface area contributed by atoms with Crippen LogP contribution in [0.3, 0.4) is 0 Å². The predicted octanol–water partition coefficient (Wildman–Crippen LogP) is 3.96. The van der Waals surface area contributed by atoms with E-state index in [1.54, 1.807) is 0 Å². The van der Waals surface area contributed by atoms with Gasteiger partial charge in [0.25, 0.3) is 0 Å². The van der Waals surface area contributed by atoms with Crippen molar-refractivity contribution in [3.8, 4) is 0 Å². The summed E-state index contributed by atoms with van der Waals surface area (Å²) in [6.07, 6.45) is 3.24. The average molecular weight is 288 g/mol. The molecule has 0 aliphatic rings. The molecule has 0 bridgehead atoms. The summed E-state index contributed by atoms with van der Waals surface area (Å²) in [5.41, 5.74) is 2.81. The minimum Gasteiger partial charge on any atom is -0.380 e. The third-order valence-electron chi connectivity index (χ3n) is 3.51. The first-order chi connectivity index (χ1) is 10.0. The molecule has 0 aliphatic carbocycles. The summed E-state index contributed by atoms with van der Waals surface area (Å²) in [6.45, 7) is 12.2. The summed E-state index contributed by atoms with van der Waals surface area (Å²) in [5.74, 6) is 0. The van der Waals surface area contributed by atoms with Crippen LogP contribution in [0, 0.1) is 0 Å². The third kappa shape index (κ3) is 4.58. The van der Waals surface area contributed by atoms with Crippen LogP contribution >= 0.6 is 0 Å². The van der Waals surface area contributed by atoms with Crippen LogP contribution in [-0.4, -0.2) is 23.3 Å². The first-order valence-corrected chi connectivity index (χ1v) is 7.91. The molecule has 0 saturated heterocycles. The van der Waals surface area contributed by atoms with Gasteiger partial charge in [0.05, 0.1) is 12.1 Å². The molecule has 3 nitrogen and oxygen atoms in total. The minimum absolute atomic E-state index is 0.129. The second kappa shape index (κ2) is 7.10. The van der Waals surface area contributed by atoms with Gasteiger partial charge in [-0.25, -0.2) is 0 Å². The lowest BCUT2D eigenvalue weighted by molar-refractivity contribution is 0.127. The van der Waals surface area contributed by atoms with Gasteiger partial charge in [0, 0.05) is 31.4 Å². The molecule has 116 valence electrons. The van der Waals surface area contributed by atoms with E-state index in [2.05, 4.69) is 68.0 Å². The van der Waals surface area contributed by atoms with Gasteiger partial charge in [-0.3, -0.25) is 0 Å². The summed E-state index contributed by atoms with van der Waals surface area (Å²) in [7, 11) is 0. The monoisotopic (exact) mass is 288 g/mol. The fourth-order valence-electron chi connectivity index (χ4n) is 2.44. The zero-order valence-electron chi connectivity index (χ0n) is 13.8. The molecule has 0 saturated carbocycles.